The molecule has 1 amide bonds. The van der Waals surface area contributed by atoms with Crippen LogP contribution in [0.3, 0.4) is 0 Å². The number of aromatic nitrogens is 2. The summed E-state index contributed by atoms with van der Waals surface area (Å²) < 4.78 is 3.42. The van der Waals surface area contributed by atoms with Gasteiger partial charge in [0, 0.05) is 37.6 Å². The van der Waals surface area contributed by atoms with Crippen LogP contribution in [0.15, 0.2) is 29.1 Å². The van der Waals surface area contributed by atoms with Gasteiger partial charge in [-0.05, 0) is 18.6 Å². The highest BCUT2D eigenvalue weighted by atomic mass is 32.2. The summed E-state index contributed by atoms with van der Waals surface area (Å²) in [6.07, 6.45) is 1.02. The van der Waals surface area contributed by atoms with Gasteiger partial charge in [-0.3, -0.25) is 18.7 Å². The van der Waals surface area contributed by atoms with E-state index in [1.807, 2.05) is 31.2 Å². The van der Waals surface area contributed by atoms with Crippen molar-refractivity contribution >= 4 is 34.7 Å². The Labute approximate surface area is 161 Å². The number of imidazole rings is 1. The Kier molecular flexibility index (Phi) is 6.26. The van der Waals surface area contributed by atoms with E-state index in [1.165, 1.54) is 0 Å². The van der Waals surface area contributed by atoms with Crippen molar-refractivity contribution in [2.24, 2.45) is 0 Å². The monoisotopic (exact) mass is 391 g/mol. The van der Waals surface area contributed by atoms with Crippen molar-refractivity contribution in [1.82, 2.24) is 14.0 Å². The van der Waals surface area contributed by atoms with Gasteiger partial charge in [-0.1, -0.05) is 19.1 Å². The van der Waals surface area contributed by atoms with Gasteiger partial charge in [-0.2, -0.15) is 11.8 Å². The van der Waals surface area contributed by atoms with Crippen molar-refractivity contribution in [3.8, 4) is 0 Å². The van der Waals surface area contributed by atoms with E-state index in [9.17, 15) is 14.4 Å². The number of nitrogens with zero attached hydrogens (tertiary/aromatic N) is 3. The van der Waals surface area contributed by atoms with Crippen LogP contribution in [0, 0.1) is 0 Å². The lowest BCUT2D eigenvalue weighted by Gasteiger charge is -2.34. The van der Waals surface area contributed by atoms with E-state index in [2.05, 4.69) is 0 Å². The number of rotatable bonds is 7. The van der Waals surface area contributed by atoms with E-state index >= 15 is 0 Å². The number of hydrogen-bond acceptors (Lipinski definition) is 4. The van der Waals surface area contributed by atoms with Crippen LogP contribution in [0.4, 0.5) is 0 Å². The van der Waals surface area contributed by atoms with Crippen molar-refractivity contribution in [2.45, 2.75) is 45.3 Å². The SMILES string of the molecule is CCCn1c(=O)n(CCC(=O)N2CCSCC2CC(=O)O)c2ccccc21. The first kappa shape index (κ1) is 19.5. The molecule has 0 saturated carbocycles. The highest BCUT2D eigenvalue weighted by Gasteiger charge is 2.28. The van der Waals surface area contributed by atoms with Crippen molar-refractivity contribution in [2.75, 3.05) is 18.1 Å². The minimum Gasteiger partial charge on any atom is -0.481 e. The number of aliphatic carboxylic acids is 1. The number of aryl methyl sites for hydroxylation is 2. The molecule has 1 unspecified atom stereocenters. The molecule has 27 heavy (non-hydrogen) atoms. The van der Waals surface area contributed by atoms with Gasteiger partial charge < -0.3 is 10.0 Å². The lowest BCUT2D eigenvalue weighted by molar-refractivity contribution is -0.140. The van der Waals surface area contributed by atoms with Crippen LogP contribution >= 0.6 is 11.8 Å². The molecule has 0 radical (unpaired) electrons. The zero-order valence-corrected chi connectivity index (χ0v) is 16.3. The molecule has 7 nitrogen and oxygen atoms in total. The summed E-state index contributed by atoms with van der Waals surface area (Å²) in [6, 6.07) is 7.35. The predicted octanol–water partition coefficient (Wildman–Crippen LogP) is 2.02. The number of fused-ring (bicyclic) bond motifs is 1. The lowest BCUT2D eigenvalue weighted by atomic mass is 10.2. The molecule has 0 aliphatic carbocycles. The van der Waals surface area contributed by atoms with Gasteiger partial charge in [0.05, 0.1) is 23.5 Å². The number of para-hydroxylation sites is 2. The second kappa shape index (κ2) is 8.65. The first-order valence-electron chi connectivity index (χ1n) is 9.30. The minimum atomic E-state index is -0.890. The second-order valence-electron chi connectivity index (χ2n) is 6.74. The number of carboxylic acid groups (broad SMARTS) is 1. The summed E-state index contributed by atoms with van der Waals surface area (Å²) in [5, 5.41) is 9.09. The van der Waals surface area contributed by atoms with Crippen LogP contribution in [0.1, 0.15) is 26.2 Å². The van der Waals surface area contributed by atoms with Gasteiger partial charge >= 0.3 is 11.7 Å². The molecule has 1 N–H and O–H groups in total. The number of carboxylic acids is 1. The molecular weight excluding hydrogens is 366 g/mol. The van der Waals surface area contributed by atoms with Crippen LogP contribution in [0.25, 0.3) is 11.0 Å². The average Bonchev–Trinajstić information content (AvgIpc) is 2.92. The maximum atomic E-state index is 12.8. The second-order valence-corrected chi connectivity index (χ2v) is 7.89. The fourth-order valence-electron chi connectivity index (χ4n) is 3.63. The third-order valence-electron chi connectivity index (χ3n) is 4.88. The third kappa shape index (κ3) is 4.21. The largest absolute Gasteiger partial charge is 0.481 e. The maximum absolute atomic E-state index is 12.8. The molecule has 8 heteroatoms. The Morgan fingerprint density at radius 2 is 1.85 bits per heavy atom. The molecule has 0 spiro atoms. The van der Waals surface area contributed by atoms with E-state index in [4.69, 9.17) is 5.11 Å². The summed E-state index contributed by atoms with van der Waals surface area (Å²) in [7, 11) is 0. The smallest absolute Gasteiger partial charge is 0.329 e. The summed E-state index contributed by atoms with van der Waals surface area (Å²) in [5.41, 5.74) is 1.62. The number of amides is 1. The Morgan fingerprint density at radius 3 is 2.48 bits per heavy atom. The minimum absolute atomic E-state index is 0.0332. The third-order valence-corrected chi connectivity index (χ3v) is 5.97. The van der Waals surface area contributed by atoms with Crippen LogP contribution in [0.2, 0.25) is 0 Å². The van der Waals surface area contributed by atoms with Gasteiger partial charge in [-0.25, -0.2) is 4.79 Å². The quantitative estimate of drug-likeness (QED) is 0.781. The van der Waals surface area contributed by atoms with E-state index < -0.39 is 5.97 Å². The predicted molar refractivity (Wildman–Crippen MR) is 106 cm³/mol. The molecule has 1 aliphatic heterocycles. The van der Waals surface area contributed by atoms with Gasteiger partial charge in [0.15, 0.2) is 0 Å². The Bertz CT molecular complexity index is 889. The van der Waals surface area contributed by atoms with E-state index in [0.29, 0.717) is 25.4 Å². The standard InChI is InChI=1S/C19H25N3O4S/c1-2-8-21-15-5-3-4-6-16(15)22(19(21)26)9-7-17(23)20-10-11-27-13-14(20)12-18(24)25/h3-6,14H,2,7-13H2,1H3,(H,24,25). The number of thioether (sulfide) groups is 1. The Hall–Kier alpha value is -2.22. The first-order chi connectivity index (χ1) is 13.0. The molecule has 146 valence electrons. The Morgan fingerprint density at radius 1 is 1.19 bits per heavy atom. The number of carbonyl (C=O) groups is 2. The van der Waals surface area contributed by atoms with Crippen molar-refractivity contribution in [1.29, 1.82) is 0 Å². The van der Waals surface area contributed by atoms with Crippen LogP contribution in [-0.4, -0.2) is 55.1 Å². The molecule has 1 saturated heterocycles. The zero-order chi connectivity index (χ0) is 19.4. The van der Waals surface area contributed by atoms with Crippen LogP contribution in [-0.2, 0) is 22.7 Å². The molecule has 3 rings (SSSR count). The van der Waals surface area contributed by atoms with Crippen LogP contribution < -0.4 is 5.69 Å². The Balaban J connectivity index is 1.78. The fourth-order valence-corrected chi connectivity index (χ4v) is 4.70. The first-order valence-corrected chi connectivity index (χ1v) is 10.5. The van der Waals surface area contributed by atoms with E-state index in [1.54, 1.807) is 25.8 Å². The van der Waals surface area contributed by atoms with Gasteiger partial charge in [0.2, 0.25) is 5.91 Å². The fraction of sp³-hybridized carbons (Fsp3) is 0.526. The number of carbonyl (C=O) groups excluding carboxylic acids is 1. The molecule has 1 aromatic heterocycles. The highest BCUT2D eigenvalue weighted by Crippen LogP contribution is 2.20. The topological polar surface area (TPSA) is 84.5 Å². The number of hydrogen-bond donors (Lipinski definition) is 1. The van der Waals surface area contributed by atoms with Crippen LogP contribution in [0.5, 0.6) is 0 Å². The summed E-state index contributed by atoms with van der Waals surface area (Å²) in [4.78, 5) is 38.3. The molecular formula is C19H25N3O4S. The number of benzene rings is 1. The lowest BCUT2D eigenvalue weighted by Crippen LogP contribution is -2.47. The van der Waals surface area contributed by atoms with Crippen molar-refractivity contribution in [3.05, 3.63) is 34.7 Å². The summed E-state index contributed by atoms with van der Waals surface area (Å²) >= 11 is 1.68. The summed E-state index contributed by atoms with van der Waals surface area (Å²) in [5.74, 6) is 0.491. The van der Waals surface area contributed by atoms with Gasteiger partial charge in [0.1, 0.15) is 0 Å². The normalized spacial score (nSPS) is 17.4. The summed E-state index contributed by atoms with van der Waals surface area (Å²) in [6.45, 7) is 3.54. The maximum Gasteiger partial charge on any atom is 0.329 e. The zero-order valence-electron chi connectivity index (χ0n) is 15.5. The highest BCUT2D eigenvalue weighted by molar-refractivity contribution is 7.99. The van der Waals surface area contributed by atoms with E-state index in [0.717, 1.165) is 23.2 Å². The molecule has 1 aliphatic rings. The average molecular weight is 391 g/mol. The van der Waals surface area contributed by atoms with Crippen molar-refractivity contribution < 1.29 is 14.7 Å². The van der Waals surface area contributed by atoms with Gasteiger partial charge in [0.25, 0.3) is 0 Å². The van der Waals surface area contributed by atoms with Crippen molar-refractivity contribution in [3.63, 3.8) is 0 Å². The molecule has 1 atom stereocenters. The van der Waals surface area contributed by atoms with E-state index in [-0.39, 0.29) is 30.5 Å². The molecule has 2 aromatic rings. The molecule has 1 aromatic carbocycles. The molecule has 2 heterocycles. The molecule has 1 fully saturated rings. The van der Waals surface area contributed by atoms with Gasteiger partial charge in [-0.15, -0.1) is 0 Å². The molecule has 0 bridgehead atoms.